The molecule has 21 heavy (non-hydrogen) atoms. The van der Waals surface area contributed by atoms with Gasteiger partial charge in [0.2, 0.25) is 0 Å². The Morgan fingerprint density at radius 2 is 2.10 bits per heavy atom. The lowest BCUT2D eigenvalue weighted by Gasteiger charge is -2.09. The normalized spacial score (nSPS) is 10.4. The summed E-state index contributed by atoms with van der Waals surface area (Å²) in [6.07, 6.45) is 3.97. The van der Waals surface area contributed by atoms with E-state index < -0.39 is 11.7 Å². The Labute approximate surface area is 125 Å². The van der Waals surface area contributed by atoms with Gasteiger partial charge in [-0.15, -0.1) is 0 Å². The van der Waals surface area contributed by atoms with Crippen LogP contribution < -0.4 is 10.6 Å². The highest BCUT2D eigenvalue weighted by molar-refractivity contribution is 5.95. The molecule has 0 unspecified atom stereocenters. The molecule has 0 spiro atoms. The fourth-order valence-corrected chi connectivity index (χ4v) is 1.70. The third-order valence-corrected chi connectivity index (χ3v) is 2.78. The summed E-state index contributed by atoms with van der Waals surface area (Å²) in [6.45, 7) is 6.40. The number of aromatic nitrogens is 1. The van der Waals surface area contributed by atoms with Crippen LogP contribution in [0.3, 0.4) is 0 Å². The molecule has 0 atom stereocenters. The van der Waals surface area contributed by atoms with Crippen molar-refractivity contribution in [2.45, 2.75) is 33.1 Å². The molecule has 0 aliphatic rings. The largest absolute Gasteiger partial charge is 0.381 e. The number of nitrogens with one attached hydrogen (secondary N) is 2. The van der Waals surface area contributed by atoms with Gasteiger partial charge in [0.1, 0.15) is 0 Å². The highest BCUT2D eigenvalue weighted by atomic mass is 19.1. The van der Waals surface area contributed by atoms with E-state index in [1.165, 1.54) is 12.3 Å². The van der Waals surface area contributed by atoms with Gasteiger partial charge in [0, 0.05) is 32.5 Å². The van der Waals surface area contributed by atoms with Crippen molar-refractivity contribution in [3.8, 4) is 0 Å². The molecule has 118 valence electrons. The number of carbonyl (C=O) groups is 1. The quantitative estimate of drug-likeness (QED) is 0.652. The van der Waals surface area contributed by atoms with E-state index >= 15 is 0 Å². The molecule has 0 saturated carbocycles. The zero-order valence-corrected chi connectivity index (χ0v) is 12.7. The second-order valence-corrected chi connectivity index (χ2v) is 4.67. The number of pyridine rings is 1. The van der Waals surface area contributed by atoms with Crippen LogP contribution in [0.1, 0.15) is 43.5 Å². The van der Waals surface area contributed by atoms with Crippen molar-refractivity contribution in [1.29, 1.82) is 0 Å². The third-order valence-electron chi connectivity index (χ3n) is 2.78. The predicted molar refractivity (Wildman–Crippen MR) is 81.0 cm³/mol. The Morgan fingerprint density at radius 1 is 1.29 bits per heavy atom. The lowest BCUT2D eigenvalue weighted by Crippen LogP contribution is -2.26. The highest BCUT2D eigenvalue weighted by Gasteiger charge is 2.15. The van der Waals surface area contributed by atoms with Gasteiger partial charge in [0.05, 0.1) is 5.56 Å². The SMILES string of the molecule is CCCNc1nccc(C(=O)NCCCOCCC)c1F. The first-order valence-electron chi connectivity index (χ1n) is 7.45. The van der Waals surface area contributed by atoms with Gasteiger partial charge < -0.3 is 15.4 Å². The number of hydrogen-bond donors (Lipinski definition) is 2. The minimum Gasteiger partial charge on any atom is -0.381 e. The summed E-state index contributed by atoms with van der Waals surface area (Å²) in [5.74, 6) is -0.911. The molecule has 0 radical (unpaired) electrons. The summed E-state index contributed by atoms with van der Waals surface area (Å²) in [6, 6.07) is 1.38. The van der Waals surface area contributed by atoms with Crippen molar-refractivity contribution in [2.75, 3.05) is 31.6 Å². The van der Waals surface area contributed by atoms with Crippen LogP contribution in [0, 0.1) is 5.82 Å². The number of ether oxygens (including phenoxy) is 1. The standard InChI is InChI=1S/C15H24FN3O2/c1-3-7-17-14-13(16)12(6-9-18-14)15(20)19-8-5-11-21-10-4-2/h6,9H,3-5,7-8,10-11H2,1-2H3,(H,17,18)(H,19,20). The Balaban J connectivity index is 2.46. The van der Waals surface area contributed by atoms with Gasteiger partial charge in [0.25, 0.3) is 5.91 Å². The lowest BCUT2D eigenvalue weighted by molar-refractivity contribution is 0.0937. The summed E-state index contributed by atoms with van der Waals surface area (Å²) in [4.78, 5) is 15.8. The molecule has 6 heteroatoms. The Kier molecular flexibility index (Phi) is 8.35. The van der Waals surface area contributed by atoms with Crippen molar-refractivity contribution in [2.24, 2.45) is 0 Å². The monoisotopic (exact) mass is 297 g/mol. The van der Waals surface area contributed by atoms with E-state index in [1.807, 2.05) is 13.8 Å². The average Bonchev–Trinajstić information content (AvgIpc) is 2.49. The molecular formula is C15H24FN3O2. The van der Waals surface area contributed by atoms with Crippen molar-refractivity contribution < 1.29 is 13.9 Å². The molecule has 0 fully saturated rings. The molecule has 1 heterocycles. The minimum atomic E-state index is -0.606. The Bertz CT molecular complexity index is 441. The zero-order chi connectivity index (χ0) is 15.5. The van der Waals surface area contributed by atoms with Gasteiger partial charge >= 0.3 is 0 Å². The van der Waals surface area contributed by atoms with Crippen LogP contribution >= 0.6 is 0 Å². The van der Waals surface area contributed by atoms with E-state index in [0.29, 0.717) is 26.1 Å². The fraction of sp³-hybridized carbons (Fsp3) is 0.600. The molecule has 1 rings (SSSR count). The van der Waals surface area contributed by atoms with Crippen molar-refractivity contribution in [1.82, 2.24) is 10.3 Å². The molecule has 0 aliphatic carbocycles. The number of anilines is 1. The van der Waals surface area contributed by atoms with Crippen LogP contribution in [0.4, 0.5) is 10.2 Å². The van der Waals surface area contributed by atoms with Gasteiger partial charge in [-0.25, -0.2) is 9.37 Å². The van der Waals surface area contributed by atoms with Gasteiger partial charge in [-0.1, -0.05) is 13.8 Å². The summed E-state index contributed by atoms with van der Waals surface area (Å²) >= 11 is 0. The van der Waals surface area contributed by atoms with Gasteiger partial charge in [-0.3, -0.25) is 4.79 Å². The van der Waals surface area contributed by atoms with E-state index in [1.54, 1.807) is 0 Å². The number of amides is 1. The molecule has 0 aliphatic heterocycles. The maximum atomic E-state index is 14.1. The van der Waals surface area contributed by atoms with E-state index in [-0.39, 0.29) is 11.4 Å². The van der Waals surface area contributed by atoms with Crippen LogP contribution in [0.5, 0.6) is 0 Å². The van der Waals surface area contributed by atoms with Crippen LogP contribution in [-0.2, 0) is 4.74 Å². The van der Waals surface area contributed by atoms with Crippen LogP contribution in [-0.4, -0.2) is 37.2 Å². The summed E-state index contributed by atoms with van der Waals surface area (Å²) in [5.41, 5.74) is 0.0121. The zero-order valence-electron chi connectivity index (χ0n) is 12.7. The maximum absolute atomic E-state index is 14.1. The maximum Gasteiger partial charge on any atom is 0.254 e. The van der Waals surface area contributed by atoms with Crippen molar-refractivity contribution >= 4 is 11.7 Å². The molecule has 0 aromatic carbocycles. The van der Waals surface area contributed by atoms with E-state index in [4.69, 9.17) is 4.74 Å². The van der Waals surface area contributed by atoms with Crippen LogP contribution in [0.25, 0.3) is 0 Å². The van der Waals surface area contributed by atoms with Gasteiger partial charge in [0.15, 0.2) is 11.6 Å². The summed E-state index contributed by atoms with van der Waals surface area (Å²) < 4.78 is 19.4. The van der Waals surface area contributed by atoms with E-state index in [9.17, 15) is 9.18 Å². The molecule has 5 nitrogen and oxygen atoms in total. The molecule has 1 amide bonds. The van der Waals surface area contributed by atoms with E-state index in [0.717, 1.165) is 19.4 Å². The first-order valence-corrected chi connectivity index (χ1v) is 7.45. The molecule has 1 aromatic rings. The second-order valence-electron chi connectivity index (χ2n) is 4.67. The average molecular weight is 297 g/mol. The summed E-state index contributed by atoms with van der Waals surface area (Å²) in [5, 5.41) is 5.55. The number of hydrogen-bond acceptors (Lipinski definition) is 4. The first-order chi connectivity index (χ1) is 10.2. The van der Waals surface area contributed by atoms with Crippen LogP contribution in [0.15, 0.2) is 12.3 Å². The van der Waals surface area contributed by atoms with E-state index in [2.05, 4.69) is 15.6 Å². The number of nitrogens with zero attached hydrogens (tertiary/aromatic N) is 1. The third kappa shape index (κ3) is 6.08. The van der Waals surface area contributed by atoms with Gasteiger partial charge in [-0.2, -0.15) is 0 Å². The predicted octanol–water partition coefficient (Wildman–Crippen LogP) is 2.59. The Hall–Kier alpha value is -1.69. The molecular weight excluding hydrogens is 273 g/mol. The number of rotatable bonds is 10. The molecule has 2 N–H and O–H groups in total. The minimum absolute atomic E-state index is 0.0121. The molecule has 0 saturated heterocycles. The van der Waals surface area contributed by atoms with Crippen molar-refractivity contribution in [3.63, 3.8) is 0 Å². The fourth-order valence-electron chi connectivity index (χ4n) is 1.70. The Morgan fingerprint density at radius 3 is 2.81 bits per heavy atom. The summed E-state index contributed by atoms with van der Waals surface area (Å²) in [7, 11) is 0. The topological polar surface area (TPSA) is 63.2 Å². The van der Waals surface area contributed by atoms with Crippen molar-refractivity contribution in [3.05, 3.63) is 23.6 Å². The lowest BCUT2D eigenvalue weighted by atomic mass is 10.2. The number of carbonyl (C=O) groups excluding carboxylic acids is 1. The first kappa shape index (κ1) is 17.4. The van der Waals surface area contributed by atoms with Crippen LogP contribution in [0.2, 0.25) is 0 Å². The molecule has 0 bridgehead atoms. The molecule has 1 aromatic heterocycles. The highest BCUT2D eigenvalue weighted by Crippen LogP contribution is 2.14. The second kappa shape index (κ2) is 10.1. The van der Waals surface area contributed by atoms with Gasteiger partial charge in [-0.05, 0) is 25.3 Å². The number of halogens is 1. The smallest absolute Gasteiger partial charge is 0.254 e.